The lowest BCUT2D eigenvalue weighted by atomic mass is 10.2. The third-order valence-electron chi connectivity index (χ3n) is 3.90. The molecule has 3 nitrogen and oxygen atoms in total. The van der Waals surface area contributed by atoms with Crippen molar-refractivity contribution in [1.82, 2.24) is 4.98 Å². The SMILES string of the molecule is CC(C)(C)[Si](C)(C)OCc1cc2ccsc2c(N)n1. The molecule has 0 unspecified atom stereocenters. The number of nitrogen functional groups attached to an aromatic ring is 1. The van der Waals surface area contributed by atoms with Gasteiger partial charge in [-0.3, -0.25) is 0 Å². The minimum absolute atomic E-state index is 0.213. The highest BCUT2D eigenvalue weighted by molar-refractivity contribution is 7.17. The van der Waals surface area contributed by atoms with Crippen LogP contribution in [0.2, 0.25) is 18.1 Å². The molecular formula is C14H22N2OSSi. The molecule has 2 aromatic rings. The molecule has 2 heterocycles. The first kappa shape index (κ1) is 14.5. The first-order chi connectivity index (χ1) is 8.71. The molecule has 0 radical (unpaired) electrons. The zero-order chi connectivity index (χ0) is 14.3. The summed E-state index contributed by atoms with van der Waals surface area (Å²) in [5.74, 6) is 0.612. The Labute approximate surface area is 119 Å². The second-order valence-corrected chi connectivity index (χ2v) is 12.1. The van der Waals surface area contributed by atoms with Crippen molar-refractivity contribution in [3.8, 4) is 0 Å². The maximum Gasteiger partial charge on any atom is 0.192 e. The van der Waals surface area contributed by atoms with Crippen LogP contribution in [-0.2, 0) is 11.0 Å². The molecule has 5 heteroatoms. The third kappa shape index (κ3) is 2.99. The summed E-state index contributed by atoms with van der Waals surface area (Å²) >= 11 is 1.63. The number of fused-ring (bicyclic) bond motifs is 1. The van der Waals surface area contributed by atoms with Crippen molar-refractivity contribution >= 4 is 35.6 Å². The van der Waals surface area contributed by atoms with Crippen molar-refractivity contribution in [1.29, 1.82) is 0 Å². The zero-order valence-corrected chi connectivity index (χ0v) is 14.1. The van der Waals surface area contributed by atoms with Crippen LogP contribution in [0.3, 0.4) is 0 Å². The first-order valence-corrected chi connectivity index (χ1v) is 10.3. The van der Waals surface area contributed by atoms with E-state index in [2.05, 4.69) is 51.0 Å². The monoisotopic (exact) mass is 294 g/mol. The maximum absolute atomic E-state index is 6.18. The molecule has 2 aromatic heterocycles. The summed E-state index contributed by atoms with van der Waals surface area (Å²) in [6.45, 7) is 11.8. The van der Waals surface area contributed by atoms with Crippen molar-refractivity contribution in [2.75, 3.05) is 5.73 Å². The van der Waals surface area contributed by atoms with Gasteiger partial charge in [0.2, 0.25) is 0 Å². The first-order valence-electron chi connectivity index (χ1n) is 6.47. The topological polar surface area (TPSA) is 48.1 Å². The van der Waals surface area contributed by atoms with Crippen LogP contribution in [0.4, 0.5) is 5.82 Å². The molecule has 0 amide bonds. The highest BCUT2D eigenvalue weighted by atomic mass is 32.1. The van der Waals surface area contributed by atoms with E-state index < -0.39 is 8.32 Å². The van der Waals surface area contributed by atoms with Gasteiger partial charge in [-0.05, 0) is 41.0 Å². The summed E-state index contributed by atoms with van der Waals surface area (Å²) in [4.78, 5) is 4.44. The van der Waals surface area contributed by atoms with Gasteiger partial charge >= 0.3 is 0 Å². The van der Waals surface area contributed by atoms with E-state index in [9.17, 15) is 0 Å². The predicted octanol–water partition coefficient (Wildman–Crippen LogP) is 4.40. The largest absolute Gasteiger partial charge is 0.411 e. The summed E-state index contributed by atoms with van der Waals surface area (Å²) in [6.07, 6.45) is 0. The second kappa shape index (κ2) is 4.88. The molecule has 0 aliphatic heterocycles. The van der Waals surface area contributed by atoms with E-state index in [0.29, 0.717) is 12.4 Å². The van der Waals surface area contributed by atoms with Crippen molar-refractivity contribution in [2.45, 2.75) is 45.5 Å². The summed E-state index contributed by atoms with van der Waals surface area (Å²) in [7, 11) is -1.73. The summed E-state index contributed by atoms with van der Waals surface area (Å²) in [5, 5.41) is 3.41. The molecule has 0 saturated carbocycles. The summed E-state index contributed by atoms with van der Waals surface area (Å²) in [6, 6.07) is 4.16. The van der Waals surface area contributed by atoms with Gasteiger partial charge in [-0.2, -0.15) is 0 Å². The molecule has 0 spiro atoms. The average molecular weight is 294 g/mol. The lowest BCUT2D eigenvalue weighted by Gasteiger charge is -2.36. The molecule has 2 rings (SSSR count). The number of rotatable bonds is 3. The van der Waals surface area contributed by atoms with Gasteiger partial charge < -0.3 is 10.2 Å². The molecule has 0 aliphatic rings. The fraction of sp³-hybridized carbons (Fsp3) is 0.500. The Balaban J connectivity index is 2.18. The highest BCUT2D eigenvalue weighted by Gasteiger charge is 2.37. The van der Waals surface area contributed by atoms with Crippen LogP contribution < -0.4 is 5.73 Å². The van der Waals surface area contributed by atoms with E-state index in [1.54, 1.807) is 11.3 Å². The van der Waals surface area contributed by atoms with E-state index in [4.69, 9.17) is 10.2 Å². The van der Waals surface area contributed by atoms with Crippen LogP contribution in [0.15, 0.2) is 17.5 Å². The van der Waals surface area contributed by atoms with Crippen LogP contribution in [0.1, 0.15) is 26.5 Å². The minimum Gasteiger partial charge on any atom is -0.411 e. The number of anilines is 1. The Bertz CT molecular complexity index is 587. The van der Waals surface area contributed by atoms with Gasteiger partial charge in [0, 0.05) is 0 Å². The fourth-order valence-corrected chi connectivity index (χ4v) is 3.32. The van der Waals surface area contributed by atoms with Crippen LogP contribution in [0.5, 0.6) is 0 Å². The van der Waals surface area contributed by atoms with Gasteiger partial charge in [-0.15, -0.1) is 11.3 Å². The van der Waals surface area contributed by atoms with Gasteiger partial charge in [0.1, 0.15) is 5.82 Å². The number of pyridine rings is 1. The third-order valence-corrected chi connectivity index (χ3v) is 9.33. The van der Waals surface area contributed by atoms with Gasteiger partial charge in [-0.25, -0.2) is 4.98 Å². The molecule has 2 N–H and O–H groups in total. The quantitative estimate of drug-likeness (QED) is 0.853. The molecule has 0 saturated heterocycles. The molecule has 0 bridgehead atoms. The van der Waals surface area contributed by atoms with E-state index in [1.807, 2.05) is 5.38 Å². The van der Waals surface area contributed by atoms with Crippen molar-refractivity contribution in [3.05, 3.63) is 23.2 Å². The van der Waals surface area contributed by atoms with E-state index >= 15 is 0 Å². The number of aromatic nitrogens is 1. The molecular weight excluding hydrogens is 272 g/mol. The molecule has 0 atom stereocenters. The number of nitrogens with zero attached hydrogens (tertiary/aromatic N) is 1. The van der Waals surface area contributed by atoms with Crippen molar-refractivity contribution in [3.63, 3.8) is 0 Å². The Morgan fingerprint density at radius 1 is 1.37 bits per heavy atom. The highest BCUT2D eigenvalue weighted by Crippen LogP contribution is 2.37. The number of hydrogen-bond acceptors (Lipinski definition) is 4. The average Bonchev–Trinajstić information content (AvgIpc) is 2.73. The molecule has 104 valence electrons. The summed E-state index contributed by atoms with van der Waals surface area (Å²) < 4.78 is 7.25. The van der Waals surface area contributed by atoms with Gasteiger partial charge in [0.05, 0.1) is 17.0 Å². The fourth-order valence-electron chi connectivity index (χ4n) is 1.60. The van der Waals surface area contributed by atoms with Gasteiger partial charge in [0.15, 0.2) is 8.32 Å². The van der Waals surface area contributed by atoms with Crippen molar-refractivity contribution < 1.29 is 4.43 Å². The van der Waals surface area contributed by atoms with Crippen molar-refractivity contribution in [2.24, 2.45) is 0 Å². The minimum atomic E-state index is -1.73. The van der Waals surface area contributed by atoms with Gasteiger partial charge in [0.25, 0.3) is 0 Å². The van der Waals surface area contributed by atoms with Gasteiger partial charge in [-0.1, -0.05) is 20.8 Å². The number of thiophene rings is 1. The Hall–Kier alpha value is -0.913. The molecule has 0 aromatic carbocycles. The maximum atomic E-state index is 6.18. The zero-order valence-electron chi connectivity index (χ0n) is 12.3. The lowest BCUT2D eigenvalue weighted by Crippen LogP contribution is -2.40. The second-order valence-electron chi connectivity index (χ2n) is 6.39. The molecule has 19 heavy (non-hydrogen) atoms. The smallest absolute Gasteiger partial charge is 0.192 e. The number of nitrogens with two attached hydrogens (primary N) is 1. The number of hydrogen-bond donors (Lipinski definition) is 1. The lowest BCUT2D eigenvalue weighted by molar-refractivity contribution is 0.272. The molecule has 0 aliphatic carbocycles. The Kier molecular flexibility index (Phi) is 3.73. The Morgan fingerprint density at radius 2 is 2.05 bits per heavy atom. The van der Waals surface area contributed by atoms with Crippen LogP contribution in [0, 0.1) is 0 Å². The summed E-state index contributed by atoms with van der Waals surface area (Å²) in [5.41, 5.74) is 6.91. The van der Waals surface area contributed by atoms with E-state index in [1.165, 1.54) is 0 Å². The van der Waals surface area contributed by atoms with Crippen LogP contribution in [-0.4, -0.2) is 13.3 Å². The van der Waals surface area contributed by atoms with Crippen LogP contribution in [0.25, 0.3) is 10.1 Å². The predicted molar refractivity (Wildman–Crippen MR) is 86.0 cm³/mol. The standard InChI is InChI=1S/C14H22N2OSSi/c1-14(2,3)19(4,5)17-9-11-8-10-6-7-18-12(10)13(15)16-11/h6-8H,9H2,1-5H3,(H2,15,16). The molecule has 0 fully saturated rings. The normalized spacial score (nSPS) is 13.1. The Morgan fingerprint density at radius 3 is 2.68 bits per heavy atom. The van der Waals surface area contributed by atoms with E-state index in [-0.39, 0.29) is 5.04 Å². The van der Waals surface area contributed by atoms with Crippen LogP contribution >= 0.6 is 11.3 Å². The van der Waals surface area contributed by atoms with E-state index in [0.717, 1.165) is 15.8 Å².